The van der Waals surface area contributed by atoms with E-state index in [-0.39, 0.29) is 11.3 Å². The van der Waals surface area contributed by atoms with Crippen molar-refractivity contribution in [2.24, 2.45) is 0 Å². The molecule has 1 aliphatic rings. The lowest BCUT2D eigenvalue weighted by Crippen LogP contribution is -2.44. The van der Waals surface area contributed by atoms with Crippen LogP contribution >= 0.6 is 0 Å². The standard InChI is InChI=1S/C19H22N2O9/c1-28-10-3-4-11(13(7-10)29-2)12(23)8-21-15(24)5-6-20(19(21)27)18-17(26)16(25)14(9-22)30-18/h3-7,14,16-18,22,25-26H,8-9H2,1-2H3/t14-,16-,17-,18-/m1/s1. The number of hydrogen-bond acceptors (Lipinski definition) is 9. The quantitative estimate of drug-likeness (QED) is 0.454. The Morgan fingerprint density at radius 1 is 1.13 bits per heavy atom. The molecule has 2 heterocycles. The molecule has 0 amide bonds. The van der Waals surface area contributed by atoms with Gasteiger partial charge >= 0.3 is 5.69 Å². The number of carbonyl (C=O) groups excluding carboxylic acids is 1. The van der Waals surface area contributed by atoms with E-state index < -0.39 is 54.7 Å². The highest BCUT2D eigenvalue weighted by Gasteiger charge is 2.43. The molecule has 11 heteroatoms. The Kier molecular flexibility index (Phi) is 6.37. The topological polar surface area (TPSA) is 149 Å². The number of nitrogens with zero attached hydrogens (tertiary/aromatic N) is 2. The van der Waals surface area contributed by atoms with Gasteiger partial charge in [-0.1, -0.05) is 0 Å². The predicted octanol–water partition coefficient (Wildman–Crippen LogP) is -1.48. The molecule has 1 aromatic carbocycles. The predicted molar refractivity (Wildman–Crippen MR) is 102 cm³/mol. The Balaban J connectivity index is 1.95. The van der Waals surface area contributed by atoms with Crippen molar-refractivity contribution in [1.82, 2.24) is 9.13 Å². The highest BCUT2D eigenvalue weighted by atomic mass is 16.6. The second-order valence-corrected chi connectivity index (χ2v) is 6.65. The van der Waals surface area contributed by atoms with Crippen molar-refractivity contribution in [3.05, 3.63) is 56.9 Å². The number of carbonyl (C=O) groups is 1. The molecule has 2 aromatic rings. The molecular formula is C19H22N2O9. The first-order valence-electron chi connectivity index (χ1n) is 9.02. The van der Waals surface area contributed by atoms with Crippen molar-refractivity contribution in [2.75, 3.05) is 20.8 Å². The highest BCUT2D eigenvalue weighted by molar-refractivity contribution is 5.98. The van der Waals surface area contributed by atoms with Crippen LogP contribution in [0.1, 0.15) is 16.6 Å². The van der Waals surface area contributed by atoms with Crippen LogP contribution in [0, 0.1) is 0 Å². The van der Waals surface area contributed by atoms with E-state index >= 15 is 0 Å². The summed E-state index contributed by atoms with van der Waals surface area (Å²) in [5.74, 6) is 0.117. The summed E-state index contributed by atoms with van der Waals surface area (Å²) >= 11 is 0. The molecule has 30 heavy (non-hydrogen) atoms. The number of aromatic nitrogens is 2. The molecule has 1 aliphatic heterocycles. The molecule has 0 radical (unpaired) electrons. The van der Waals surface area contributed by atoms with Crippen LogP contribution in [0.3, 0.4) is 0 Å². The van der Waals surface area contributed by atoms with Crippen LogP contribution in [0.2, 0.25) is 0 Å². The van der Waals surface area contributed by atoms with Crippen molar-refractivity contribution >= 4 is 5.78 Å². The van der Waals surface area contributed by atoms with Gasteiger partial charge in [-0.05, 0) is 12.1 Å². The molecule has 1 fully saturated rings. The third-order valence-corrected chi connectivity index (χ3v) is 4.90. The van der Waals surface area contributed by atoms with Gasteiger partial charge in [0.25, 0.3) is 5.56 Å². The Hall–Kier alpha value is -2.99. The highest BCUT2D eigenvalue weighted by Crippen LogP contribution is 2.28. The summed E-state index contributed by atoms with van der Waals surface area (Å²) in [6.07, 6.45) is -4.26. The third kappa shape index (κ3) is 3.87. The number of aliphatic hydroxyl groups is 3. The van der Waals surface area contributed by atoms with Gasteiger partial charge in [-0.3, -0.25) is 18.7 Å². The SMILES string of the molecule is COc1ccc(C(=O)Cn2c(=O)ccn([C@@H]3O[C@H](CO)[C@@H](O)[C@H]3O)c2=O)c(OC)c1. The van der Waals surface area contributed by atoms with Crippen molar-refractivity contribution in [2.45, 2.75) is 31.1 Å². The Labute approximate surface area is 170 Å². The first kappa shape index (κ1) is 21.7. The van der Waals surface area contributed by atoms with Crippen LogP contribution in [-0.2, 0) is 11.3 Å². The summed E-state index contributed by atoms with van der Waals surface area (Å²) in [6, 6.07) is 5.53. The van der Waals surface area contributed by atoms with Gasteiger partial charge in [0.05, 0.1) is 32.9 Å². The van der Waals surface area contributed by atoms with Gasteiger partial charge in [0.2, 0.25) is 0 Å². The lowest BCUT2D eigenvalue weighted by molar-refractivity contribution is -0.0555. The van der Waals surface area contributed by atoms with Gasteiger partial charge in [-0.25, -0.2) is 4.79 Å². The second-order valence-electron chi connectivity index (χ2n) is 6.65. The van der Waals surface area contributed by atoms with E-state index in [1.54, 1.807) is 6.07 Å². The summed E-state index contributed by atoms with van der Waals surface area (Å²) in [5, 5.41) is 29.3. The number of ether oxygens (including phenoxy) is 3. The zero-order valence-corrected chi connectivity index (χ0v) is 16.3. The van der Waals surface area contributed by atoms with Crippen molar-refractivity contribution in [1.29, 1.82) is 0 Å². The van der Waals surface area contributed by atoms with E-state index in [1.165, 1.54) is 26.4 Å². The lowest BCUT2D eigenvalue weighted by Gasteiger charge is -2.18. The summed E-state index contributed by atoms with van der Waals surface area (Å²) < 4.78 is 17.2. The van der Waals surface area contributed by atoms with Crippen LogP contribution in [0.15, 0.2) is 40.1 Å². The Morgan fingerprint density at radius 3 is 2.47 bits per heavy atom. The fraction of sp³-hybridized carbons (Fsp3) is 0.421. The number of Topliss-reactive ketones (excluding diaryl/α,β-unsaturated/α-hetero) is 1. The average Bonchev–Trinajstić information content (AvgIpc) is 3.04. The van der Waals surface area contributed by atoms with Gasteiger partial charge in [0, 0.05) is 18.3 Å². The third-order valence-electron chi connectivity index (χ3n) is 4.90. The summed E-state index contributed by atoms with van der Waals surface area (Å²) in [5.41, 5.74) is -1.50. The van der Waals surface area contributed by atoms with E-state index in [4.69, 9.17) is 14.2 Å². The number of aliphatic hydroxyl groups excluding tert-OH is 3. The summed E-state index contributed by atoms with van der Waals surface area (Å²) in [6.45, 7) is -1.16. The van der Waals surface area contributed by atoms with Gasteiger partial charge < -0.3 is 29.5 Å². The largest absolute Gasteiger partial charge is 0.497 e. The van der Waals surface area contributed by atoms with Gasteiger partial charge in [-0.2, -0.15) is 0 Å². The van der Waals surface area contributed by atoms with Crippen LogP contribution in [0.4, 0.5) is 0 Å². The molecule has 3 rings (SSSR count). The van der Waals surface area contributed by atoms with Crippen molar-refractivity contribution < 1.29 is 34.3 Å². The molecule has 0 unspecified atom stereocenters. The minimum atomic E-state index is -1.51. The molecule has 0 saturated carbocycles. The molecule has 3 N–H and O–H groups in total. The number of benzene rings is 1. The maximum atomic E-state index is 12.8. The average molecular weight is 422 g/mol. The normalized spacial score (nSPS) is 23.4. The van der Waals surface area contributed by atoms with Crippen LogP contribution < -0.4 is 20.7 Å². The van der Waals surface area contributed by atoms with E-state index in [0.29, 0.717) is 10.3 Å². The number of ketones is 1. The minimum absolute atomic E-state index is 0.146. The van der Waals surface area contributed by atoms with Gasteiger partial charge in [0.1, 0.15) is 29.8 Å². The molecule has 0 spiro atoms. The Bertz CT molecular complexity index is 1050. The monoisotopic (exact) mass is 422 g/mol. The first-order valence-corrected chi connectivity index (χ1v) is 9.02. The Morgan fingerprint density at radius 2 is 1.87 bits per heavy atom. The van der Waals surface area contributed by atoms with E-state index in [9.17, 15) is 29.7 Å². The minimum Gasteiger partial charge on any atom is -0.497 e. The number of hydrogen-bond donors (Lipinski definition) is 3. The summed E-state index contributed by atoms with van der Waals surface area (Å²) in [7, 11) is 2.83. The zero-order valence-electron chi connectivity index (χ0n) is 16.3. The van der Waals surface area contributed by atoms with Crippen LogP contribution in [0.5, 0.6) is 11.5 Å². The summed E-state index contributed by atoms with van der Waals surface area (Å²) in [4.78, 5) is 37.8. The number of methoxy groups -OCH3 is 2. The second kappa shape index (κ2) is 8.79. The molecule has 4 atom stereocenters. The molecule has 11 nitrogen and oxygen atoms in total. The van der Waals surface area contributed by atoms with E-state index in [1.807, 2.05) is 0 Å². The fourth-order valence-corrected chi connectivity index (χ4v) is 3.24. The molecule has 1 aromatic heterocycles. The van der Waals surface area contributed by atoms with E-state index in [2.05, 4.69) is 0 Å². The smallest absolute Gasteiger partial charge is 0.333 e. The maximum Gasteiger partial charge on any atom is 0.333 e. The van der Waals surface area contributed by atoms with E-state index in [0.717, 1.165) is 16.8 Å². The molecule has 162 valence electrons. The molecular weight excluding hydrogens is 400 g/mol. The van der Waals surface area contributed by atoms with Crippen LogP contribution in [-0.4, -0.2) is 69.4 Å². The lowest BCUT2D eigenvalue weighted by atomic mass is 10.1. The first-order chi connectivity index (χ1) is 14.3. The zero-order chi connectivity index (χ0) is 22.0. The van der Waals surface area contributed by atoms with Crippen molar-refractivity contribution in [3.8, 4) is 11.5 Å². The maximum absolute atomic E-state index is 12.8. The van der Waals surface area contributed by atoms with Gasteiger partial charge in [-0.15, -0.1) is 0 Å². The fourth-order valence-electron chi connectivity index (χ4n) is 3.24. The van der Waals surface area contributed by atoms with Crippen molar-refractivity contribution in [3.63, 3.8) is 0 Å². The van der Waals surface area contributed by atoms with Gasteiger partial charge in [0.15, 0.2) is 12.0 Å². The molecule has 0 aliphatic carbocycles. The number of rotatable bonds is 7. The molecule has 0 bridgehead atoms. The molecule has 1 saturated heterocycles. The van der Waals surface area contributed by atoms with Crippen LogP contribution in [0.25, 0.3) is 0 Å².